The molecule has 0 atom stereocenters. The molecule has 92 valence electrons. The van der Waals surface area contributed by atoms with Crippen molar-refractivity contribution in [2.24, 2.45) is 5.73 Å². The first-order valence-corrected chi connectivity index (χ1v) is 7.01. The van der Waals surface area contributed by atoms with Gasteiger partial charge in [0.2, 0.25) is 0 Å². The molecule has 18 heavy (non-hydrogen) atoms. The van der Waals surface area contributed by atoms with Gasteiger partial charge in [0.05, 0.1) is 11.3 Å². The molecule has 0 aromatic heterocycles. The number of rotatable bonds is 2. The van der Waals surface area contributed by atoms with Crippen LogP contribution in [0, 0.1) is 3.57 Å². The van der Waals surface area contributed by atoms with Crippen LogP contribution in [0.2, 0.25) is 0 Å². The minimum atomic E-state index is -0.527. The second-order valence-electron chi connectivity index (χ2n) is 3.79. The SMILES string of the molecule is NC(=O)c1cc(Br)cc(-c2ccc(I)cc2)c1N. The molecule has 0 saturated carbocycles. The van der Waals surface area contributed by atoms with Gasteiger partial charge in [0.15, 0.2) is 0 Å². The monoisotopic (exact) mass is 416 g/mol. The maximum absolute atomic E-state index is 11.3. The quantitative estimate of drug-likeness (QED) is 0.581. The Morgan fingerprint density at radius 3 is 2.33 bits per heavy atom. The van der Waals surface area contributed by atoms with Crippen LogP contribution in [-0.2, 0) is 0 Å². The molecule has 0 spiro atoms. The first-order valence-electron chi connectivity index (χ1n) is 5.14. The van der Waals surface area contributed by atoms with Gasteiger partial charge < -0.3 is 11.5 Å². The van der Waals surface area contributed by atoms with Gasteiger partial charge in [0.1, 0.15) is 0 Å². The van der Waals surface area contributed by atoms with Crippen molar-refractivity contribution in [3.63, 3.8) is 0 Å². The highest BCUT2D eigenvalue weighted by Gasteiger charge is 2.12. The van der Waals surface area contributed by atoms with Gasteiger partial charge in [0.25, 0.3) is 5.91 Å². The first kappa shape index (κ1) is 13.4. The third-order valence-corrected chi connectivity index (χ3v) is 3.74. The van der Waals surface area contributed by atoms with E-state index in [-0.39, 0.29) is 0 Å². The standard InChI is InChI=1S/C13H10BrIN2O/c14-8-5-10(7-1-3-9(15)4-2-7)12(16)11(6-8)13(17)18/h1-6H,16H2,(H2,17,18). The van der Waals surface area contributed by atoms with Gasteiger partial charge in [-0.3, -0.25) is 4.79 Å². The van der Waals surface area contributed by atoms with Crippen LogP contribution >= 0.6 is 38.5 Å². The fourth-order valence-corrected chi connectivity index (χ4v) is 2.51. The largest absolute Gasteiger partial charge is 0.398 e. The van der Waals surface area contributed by atoms with E-state index in [4.69, 9.17) is 11.5 Å². The summed E-state index contributed by atoms with van der Waals surface area (Å²) in [5.41, 5.74) is 13.8. The fraction of sp³-hybridized carbons (Fsp3) is 0. The number of primary amides is 1. The molecule has 2 aromatic carbocycles. The molecule has 0 heterocycles. The topological polar surface area (TPSA) is 69.1 Å². The second-order valence-corrected chi connectivity index (χ2v) is 5.95. The predicted molar refractivity (Wildman–Crippen MR) is 85.2 cm³/mol. The Morgan fingerprint density at radius 1 is 1.17 bits per heavy atom. The van der Waals surface area contributed by atoms with Gasteiger partial charge in [0, 0.05) is 13.6 Å². The molecule has 5 heteroatoms. The Balaban J connectivity index is 2.64. The lowest BCUT2D eigenvalue weighted by atomic mass is 10.00. The number of halogens is 2. The number of hydrogen-bond acceptors (Lipinski definition) is 2. The summed E-state index contributed by atoms with van der Waals surface area (Å²) >= 11 is 5.60. The van der Waals surface area contributed by atoms with E-state index in [0.717, 1.165) is 19.2 Å². The van der Waals surface area contributed by atoms with Gasteiger partial charge in [-0.2, -0.15) is 0 Å². The molecule has 0 aliphatic heterocycles. The minimum absolute atomic E-state index is 0.331. The van der Waals surface area contributed by atoms with E-state index in [1.807, 2.05) is 30.3 Å². The number of hydrogen-bond donors (Lipinski definition) is 2. The molecule has 1 amide bonds. The highest BCUT2D eigenvalue weighted by molar-refractivity contribution is 14.1. The average molecular weight is 417 g/mol. The fourth-order valence-electron chi connectivity index (χ4n) is 1.69. The molecule has 0 aliphatic rings. The Morgan fingerprint density at radius 2 is 1.78 bits per heavy atom. The van der Waals surface area contributed by atoms with Crippen LogP contribution in [0.15, 0.2) is 40.9 Å². The normalized spacial score (nSPS) is 10.3. The van der Waals surface area contributed by atoms with Crippen molar-refractivity contribution >= 4 is 50.1 Å². The van der Waals surface area contributed by atoms with E-state index in [0.29, 0.717) is 11.3 Å². The van der Waals surface area contributed by atoms with E-state index in [9.17, 15) is 4.79 Å². The van der Waals surface area contributed by atoms with Crippen LogP contribution in [0.25, 0.3) is 11.1 Å². The van der Waals surface area contributed by atoms with Crippen molar-refractivity contribution in [1.82, 2.24) is 0 Å². The summed E-state index contributed by atoms with van der Waals surface area (Å²) in [6, 6.07) is 11.4. The highest BCUT2D eigenvalue weighted by Crippen LogP contribution is 2.32. The number of anilines is 1. The zero-order chi connectivity index (χ0) is 13.3. The van der Waals surface area contributed by atoms with Gasteiger partial charge >= 0.3 is 0 Å². The molecule has 3 nitrogen and oxygen atoms in total. The van der Waals surface area contributed by atoms with Crippen molar-refractivity contribution in [3.8, 4) is 11.1 Å². The molecule has 0 bridgehead atoms. The zero-order valence-electron chi connectivity index (χ0n) is 9.28. The van der Waals surface area contributed by atoms with Crippen LogP contribution < -0.4 is 11.5 Å². The van der Waals surface area contributed by atoms with Gasteiger partial charge in [-0.1, -0.05) is 28.1 Å². The lowest BCUT2D eigenvalue weighted by molar-refractivity contribution is 0.100. The summed E-state index contributed by atoms with van der Waals surface area (Å²) < 4.78 is 1.92. The van der Waals surface area contributed by atoms with E-state index in [2.05, 4.69) is 38.5 Å². The molecule has 0 aliphatic carbocycles. The van der Waals surface area contributed by atoms with E-state index in [1.54, 1.807) is 6.07 Å². The molecule has 0 saturated heterocycles. The Kier molecular flexibility index (Phi) is 3.91. The number of carbonyl (C=O) groups is 1. The second kappa shape index (κ2) is 5.27. The van der Waals surface area contributed by atoms with E-state index >= 15 is 0 Å². The van der Waals surface area contributed by atoms with Crippen molar-refractivity contribution in [2.75, 3.05) is 5.73 Å². The summed E-state index contributed by atoms with van der Waals surface area (Å²) in [7, 11) is 0. The lowest BCUT2D eigenvalue weighted by Crippen LogP contribution is -2.14. The van der Waals surface area contributed by atoms with Gasteiger partial charge in [-0.15, -0.1) is 0 Å². The van der Waals surface area contributed by atoms with Gasteiger partial charge in [-0.25, -0.2) is 0 Å². The molecule has 0 unspecified atom stereocenters. The average Bonchev–Trinajstić information content (AvgIpc) is 2.32. The number of benzene rings is 2. The summed E-state index contributed by atoms with van der Waals surface area (Å²) in [5, 5.41) is 0. The Labute approximate surface area is 127 Å². The summed E-state index contributed by atoms with van der Waals surface area (Å²) in [6.45, 7) is 0. The van der Waals surface area contributed by atoms with Crippen LogP contribution in [0.5, 0.6) is 0 Å². The zero-order valence-corrected chi connectivity index (χ0v) is 13.0. The third kappa shape index (κ3) is 2.67. The molecular weight excluding hydrogens is 407 g/mol. The molecule has 2 rings (SSSR count). The maximum atomic E-state index is 11.3. The Hall–Kier alpha value is -1.08. The molecule has 0 fully saturated rings. The predicted octanol–water partition coefficient (Wildman–Crippen LogP) is 3.40. The third-order valence-electron chi connectivity index (χ3n) is 2.57. The maximum Gasteiger partial charge on any atom is 0.250 e. The van der Waals surface area contributed by atoms with Crippen molar-refractivity contribution in [1.29, 1.82) is 0 Å². The minimum Gasteiger partial charge on any atom is -0.398 e. The molecule has 0 radical (unpaired) electrons. The first-order chi connectivity index (χ1) is 8.49. The number of nitrogens with two attached hydrogens (primary N) is 2. The Bertz CT molecular complexity index is 611. The van der Waals surface area contributed by atoms with Crippen LogP contribution in [0.3, 0.4) is 0 Å². The molecule has 2 aromatic rings. The number of carbonyl (C=O) groups excluding carboxylic acids is 1. The van der Waals surface area contributed by atoms with E-state index in [1.165, 1.54) is 0 Å². The van der Waals surface area contributed by atoms with Crippen LogP contribution in [0.1, 0.15) is 10.4 Å². The van der Waals surface area contributed by atoms with Crippen LogP contribution in [-0.4, -0.2) is 5.91 Å². The summed E-state index contributed by atoms with van der Waals surface area (Å²) in [6.07, 6.45) is 0. The van der Waals surface area contributed by atoms with Crippen molar-refractivity contribution in [2.45, 2.75) is 0 Å². The van der Waals surface area contributed by atoms with Crippen molar-refractivity contribution in [3.05, 3.63) is 50.0 Å². The van der Waals surface area contributed by atoms with Crippen molar-refractivity contribution < 1.29 is 4.79 Å². The molecule has 4 N–H and O–H groups in total. The number of amides is 1. The van der Waals surface area contributed by atoms with Gasteiger partial charge in [-0.05, 0) is 52.4 Å². The smallest absolute Gasteiger partial charge is 0.250 e. The summed E-state index contributed by atoms with van der Waals surface area (Å²) in [4.78, 5) is 11.3. The lowest BCUT2D eigenvalue weighted by Gasteiger charge is -2.10. The molecular formula is C13H10BrIN2O. The number of nitrogen functional groups attached to an aromatic ring is 1. The summed E-state index contributed by atoms with van der Waals surface area (Å²) in [5.74, 6) is -0.527. The highest BCUT2D eigenvalue weighted by atomic mass is 127. The van der Waals surface area contributed by atoms with Crippen LogP contribution in [0.4, 0.5) is 5.69 Å². The van der Waals surface area contributed by atoms with E-state index < -0.39 is 5.91 Å².